The molecule has 0 spiro atoms. The molecule has 142 valence electrons. The van der Waals surface area contributed by atoms with Gasteiger partial charge >= 0.3 is 5.97 Å². The topological polar surface area (TPSA) is 101 Å². The first-order valence-electron chi connectivity index (χ1n) is 8.36. The fourth-order valence-electron chi connectivity index (χ4n) is 2.53. The Bertz CT molecular complexity index is 1080. The number of nitrogens with one attached hydrogen (secondary N) is 1. The molecule has 0 aliphatic rings. The molecule has 1 amide bonds. The third kappa shape index (κ3) is 4.47. The molecule has 1 heterocycles. The molecule has 1 aromatic heterocycles. The second-order valence-electron chi connectivity index (χ2n) is 5.97. The van der Waals surface area contributed by atoms with Crippen LogP contribution in [0, 0.1) is 5.82 Å². The zero-order chi connectivity index (χ0) is 20.1. The van der Waals surface area contributed by atoms with Crippen molar-refractivity contribution in [3.05, 3.63) is 88.0 Å². The summed E-state index contributed by atoms with van der Waals surface area (Å²) in [5, 5.41) is 15.6. The van der Waals surface area contributed by atoms with E-state index in [0.29, 0.717) is 5.56 Å². The summed E-state index contributed by atoms with van der Waals surface area (Å²) >= 11 is 0. The van der Waals surface area contributed by atoms with E-state index in [4.69, 9.17) is 5.11 Å². The largest absolute Gasteiger partial charge is 0.478 e. The molecule has 0 atom stereocenters. The fraction of sp³-hybridized carbons (Fsp3) is 0.100. The Morgan fingerprint density at radius 3 is 2.43 bits per heavy atom. The zero-order valence-corrected chi connectivity index (χ0v) is 14.6. The third-order valence-corrected chi connectivity index (χ3v) is 4.00. The number of hydrogen-bond donors (Lipinski definition) is 2. The Morgan fingerprint density at radius 1 is 1.04 bits per heavy atom. The lowest BCUT2D eigenvalue weighted by Gasteiger charge is -2.09. The maximum Gasteiger partial charge on any atom is 0.335 e. The Labute approximate surface area is 159 Å². The minimum absolute atomic E-state index is 0.149. The van der Waals surface area contributed by atoms with Crippen LogP contribution in [0.1, 0.15) is 15.9 Å². The van der Waals surface area contributed by atoms with E-state index in [0.717, 1.165) is 4.68 Å². The van der Waals surface area contributed by atoms with Crippen LogP contribution in [0.3, 0.4) is 0 Å². The Morgan fingerprint density at radius 2 is 1.75 bits per heavy atom. The molecule has 0 saturated carbocycles. The number of halogens is 1. The lowest BCUT2D eigenvalue weighted by Crippen LogP contribution is -2.33. The highest BCUT2D eigenvalue weighted by Gasteiger charge is 2.10. The highest BCUT2D eigenvalue weighted by Crippen LogP contribution is 2.18. The van der Waals surface area contributed by atoms with Crippen LogP contribution in [0.4, 0.5) is 4.39 Å². The number of aromatic carboxylic acids is 1. The van der Waals surface area contributed by atoms with Crippen molar-refractivity contribution in [3.8, 4) is 11.3 Å². The number of amides is 1. The summed E-state index contributed by atoms with van der Waals surface area (Å²) in [5.41, 5.74) is 0.848. The van der Waals surface area contributed by atoms with Crippen molar-refractivity contribution in [1.82, 2.24) is 15.1 Å². The fourth-order valence-corrected chi connectivity index (χ4v) is 2.53. The van der Waals surface area contributed by atoms with E-state index in [1.165, 1.54) is 36.4 Å². The molecule has 0 aliphatic carbocycles. The maximum absolute atomic E-state index is 13.9. The van der Waals surface area contributed by atoms with Gasteiger partial charge in [0.15, 0.2) is 0 Å². The molecule has 0 saturated heterocycles. The highest BCUT2D eigenvalue weighted by atomic mass is 19.1. The van der Waals surface area contributed by atoms with Gasteiger partial charge in [-0.25, -0.2) is 13.9 Å². The lowest BCUT2D eigenvalue weighted by molar-refractivity contribution is -0.122. The molecule has 0 bridgehead atoms. The molecular weight excluding hydrogens is 365 g/mol. The van der Waals surface area contributed by atoms with Gasteiger partial charge in [0.1, 0.15) is 12.4 Å². The normalized spacial score (nSPS) is 10.5. The van der Waals surface area contributed by atoms with Crippen LogP contribution >= 0.6 is 0 Å². The van der Waals surface area contributed by atoms with Crippen LogP contribution in [-0.4, -0.2) is 26.8 Å². The molecule has 0 fully saturated rings. The first-order valence-corrected chi connectivity index (χ1v) is 8.36. The number of aromatic nitrogens is 2. The van der Waals surface area contributed by atoms with Crippen LogP contribution in [-0.2, 0) is 17.9 Å². The van der Waals surface area contributed by atoms with E-state index in [1.54, 1.807) is 24.3 Å². The smallest absolute Gasteiger partial charge is 0.335 e. The van der Waals surface area contributed by atoms with Gasteiger partial charge in [0, 0.05) is 18.2 Å². The number of carboxylic acids is 1. The van der Waals surface area contributed by atoms with Gasteiger partial charge in [0.25, 0.3) is 5.56 Å². The van der Waals surface area contributed by atoms with Gasteiger partial charge in [-0.3, -0.25) is 9.59 Å². The van der Waals surface area contributed by atoms with Crippen LogP contribution < -0.4 is 10.9 Å². The molecular formula is C20H16FN3O4. The number of carboxylic acid groups (broad SMARTS) is 1. The second kappa shape index (κ2) is 8.26. The molecule has 0 radical (unpaired) electrons. The molecule has 8 heteroatoms. The number of benzene rings is 2. The molecule has 0 aliphatic heterocycles. The van der Waals surface area contributed by atoms with Crippen molar-refractivity contribution in [2.45, 2.75) is 13.1 Å². The van der Waals surface area contributed by atoms with Gasteiger partial charge in [-0.05, 0) is 35.9 Å². The quantitative estimate of drug-likeness (QED) is 0.681. The molecule has 7 nitrogen and oxygen atoms in total. The van der Waals surface area contributed by atoms with Gasteiger partial charge in [-0.2, -0.15) is 5.10 Å². The second-order valence-corrected chi connectivity index (χ2v) is 5.97. The average molecular weight is 381 g/mol. The van der Waals surface area contributed by atoms with E-state index in [2.05, 4.69) is 10.4 Å². The van der Waals surface area contributed by atoms with Crippen molar-refractivity contribution >= 4 is 11.9 Å². The summed E-state index contributed by atoms with van der Waals surface area (Å²) in [6.07, 6.45) is 0. The van der Waals surface area contributed by atoms with Crippen LogP contribution in [0.2, 0.25) is 0 Å². The van der Waals surface area contributed by atoms with Gasteiger partial charge in [-0.15, -0.1) is 0 Å². The van der Waals surface area contributed by atoms with Crippen molar-refractivity contribution in [3.63, 3.8) is 0 Å². The van der Waals surface area contributed by atoms with E-state index in [9.17, 15) is 18.8 Å². The number of rotatable bonds is 6. The summed E-state index contributed by atoms with van der Waals surface area (Å²) < 4.78 is 14.9. The summed E-state index contributed by atoms with van der Waals surface area (Å²) in [5.74, 6) is -1.96. The molecule has 2 N–H and O–H groups in total. The monoisotopic (exact) mass is 381 g/mol. The summed E-state index contributed by atoms with van der Waals surface area (Å²) in [6.45, 7) is -0.158. The predicted molar refractivity (Wildman–Crippen MR) is 99.1 cm³/mol. The predicted octanol–water partition coefficient (Wildman–Crippen LogP) is 2.06. The molecule has 3 aromatic rings. The standard InChI is InChI=1S/C20H16FN3O4/c21-16-4-2-1-3-15(16)17-9-10-19(26)24(23-17)12-18(25)22-11-13-5-7-14(8-6-13)20(27)28/h1-10H,11-12H2,(H,22,25)(H,27,28). The van der Waals surface area contributed by atoms with Gasteiger partial charge < -0.3 is 10.4 Å². The van der Waals surface area contributed by atoms with Crippen molar-refractivity contribution in [2.75, 3.05) is 0 Å². The summed E-state index contributed by atoms with van der Waals surface area (Å²) in [6, 6.07) is 14.7. The number of nitrogens with zero attached hydrogens (tertiary/aromatic N) is 2. The SMILES string of the molecule is O=C(Cn1nc(-c2ccccc2F)ccc1=O)NCc1ccc(C(=O)O)cc1. The van der Waals surface area contributed by atoms with Crippen LogP contribution in [0.25, 0.3) is 11.3 Å². The number of carbonyl (C=O) groups is 2. The molecule has 3 rings (SSSR count). The Balaban J connectivity index is 1.68. The van der Waals surface area contributed by atoms with Gasteiger partial charge in [-0.1, -0.05) is 24.3 Å². The minimum atomic E-state index is -1.03. The lowest BCUT2D eigenvalue weighted by atomic mass is 10.1. The first-order chi connectivity index (χ1) is 13.4. The Hall–Kier alpha value is -3.81. The van der Waals surface area contributed by atoms with Gasteiger partial charge in [0.05, 0.1) is 11.3 Å². The average Bonchev–Trinajstić information content (AvgIpc) is 2.69. The van der Waals surface area contributed by atoms with Crippen molar-refractivity contribution in [2.24, 2.45) is 0 Å². The Kier molecular flexibility index (Phi) is 5.59. The van der Waals surface area contributed by atoms with E-state index < -0.39 is 23.3 Å². The first kappa shape index (κ1) is 19.0. The molecule has 0 unspecified atom stereocenters. The number of hydrogen-bond acceptors (Lipinski definition) is 4. The molecule has 2 aromatic carbocycles. The van der Waals surface area contributed by atoms with Crippen molar-refractivity contribution in [1.29, 1.82) is 0 Å². The van der Waals surface area contributed by atoms with E-state index >= 15 is 0 Å². The highest BCUT2D eigenvalue weighted by molar-refractivity contribution is 5.87. The zero-order valence-electron chi connectivity index (χ0n) is 14.6. The molecule has 28 heavy (non-hydrogen) atoms. The number of carbonyl (C=O) groups excluding carboxylic acids is 1. The van der Waals surface area contributed by atoms with Crippen LogP contribution in [0.15, 0.2) is 65.5 Å². The summed E-state index contributed by atoms with van der Waals surface area (Å²) in [7, 11) is 0. The third-order valence-electron chi connectivity index (χ3n) is 4.00. The van der Waals surface area contributed by atoms with E-state index in [-0.39, 0.29) is 29.9 Å². The van der Waals surface area contributed by atoms with Crippen LogP contribution in [0.5, 0.6) is 0 Å². The van der Waals surface area contributed by atoms with Crippen molar-refractivity contribution < 1.29 is 19.1 Å². The van der Waals surface area contributed by atoms with Gasteiger partial charge in [0.2, 0.25) is 5.91 Å². The maximum atomic E-state index is 13.9. The summed E-state index contributed by atoms with van der Waals surface area (Å²) in [4.78, 5) is 35.0. The van der Waals surface area contributed by atoms with E-state index in [1.807, 2.05) is 0 Å². The minimum Gasteiger partial charge on any atom is -0.478 e.